The number of nitrogen functional groups attached to an aromatic ring is 1. The van der Waals surface area contributed by atoms with E-state index >= 15 is 0 Å². The highest BCUT2D eigenvalue weighted by atomic mass is 32.2. The van der Waals surface area contributed by atoms with Gasteiger partial charge < -0.3 is 16.0 Å². The number of sulfone groups is 1. The van der Waals surface area contributed by atoms with Crippen LogP contribution in [0.4, 0.5) is 11.4 Å². The van der Waals surface area contributed by atoms with Crippen molar-refractivity contribution in [2.24, 2.45) is 0 Å². The fraction of sp³-hybridized carbons (Fsp3) is 0.500. The second-order valence-electron chi connectivity index (χ2n) is 5.13. The van der Waals surface area contributed by atoms with Gasteiger partial charge in [-0.15, -0.1) is 0 Å². The number of carbonyl (C=O) groups is 1. The Morgan fingerprint density at radius 3 is 2.76 bits per heavy atom. The molecule has 6 nitrogen and oxygen atoms in total. The van der Waals surface area contributed by atoms with Crippen LogP contribution in [0.15, 0.2) is 18.2 Å². The molecule has 0 unspecified atom stereocenters. The number of hydrogen-bond acceptors (Lipinski definition) is 5. The summed E-state index contributed by atoms with van der Waals surface area (Å²) in [7, 11) is -2.95. The van der Waals surface area contributed by atoms with Gasteiger partial charge in [0.2, 0.25) is 0 Å². The molecule has 3 N–H and O–H groups in total. The van der Waals surface area contributed by atoms with Crippen molar-refractivity contribution in [1.29, 1.82) is 0 Å². The maximum Gasteiger partial charge on any atom is 0.251 e. The van der Waals surface area contributed by atoms with E-state index in [2.05, 4.69) is 5.32 Å². The van der Waals surface area contributed by atoms with E-state index in [4.69, 9.17) is 5.73 Å². The Kier molecular flexibility index (Phi) is 4.72. The predicted octanol–water partition coefficient (Wildman–Crippen LogP) is 0.643. The van der Waals surface area contributed by atoms with Crippen LogP contribution in [0, 0.1) is 0 Å². The van der Waals surface area contributed by atoms with Crippen molar-refractivity contribution in [3.8, 4) is 0 Å². The van der Waals surface area contributed by atoms with Crippen LogP contribution < -0.4 is 16.0 Å². The van der Waals surface area contributed by atoms with E-state index in [1.807, 2.05) is 11.8 Å². The summed E-state index contributed by atoms with van der Waals surface area (Å²) in [5.41, 5.74) is 7.84. The highest BCUT2D eigenvalue weighted by Gasteiger charge is 2.20. The Hall–Kier alpha value is -1.76. The molecule has 2 rings (SSSR count). The molecular formula is C14H21N3O3S. The third-order valence-corrected chi connectivity index (χ3v) is 5.24. The highest BCUT2D eigenvalue weighted by molar-refractivity contribution is 7.91. The third kappa shape index (κ3) is 3.87. The molecule has 7 heteroatoms. The number of carbonyl (C=O) groups excluding carboxylic acids is 1. The zero-order valence-corrected chi connectivity index (χ0v) is 12.9. The molecular weight excluding hydrogens is 290 g/mol. The van der Waals surface area contributed by atoms with Crippen LogP contribution in [-0.4, -0.2) is 45.5 Å². The molecule has 1 aliphatic rings. The van der Waals surface area contributed by atoms with Gasteiger partial charge in [0.05, 0.1) is 22.9 Å². The second-order valence-corrected chi connectivity index (χ2v) is 7.43. The van der Waals surface area contributed by atoms with Crippen LogP contribution in [0.25, 0.3) is 0 Å². The Labute approximate surface area is 125 Å². The molecule has 0 aromatic heterocycles. The average molecular weight is 311 g/mol. The first-order valence-electron chi connectivity index (χ1n) is 7.06. The van der Waals surface area contributed by atoms with Gasteiger partial charge in [0.1, 0.15) is 0 Å². The summed E-state index contributed by atoms with van der Waals surface area (Å²) in [6, 6.07) is 5.15. The molecule has 1 aromatic carbocycles. The molecule has 1 heterocycles. The van der Waals surface area contributed by atoms with Crippen LogP contribution in [-0.2, 0) is 9.84 Å². The second kappa shape index (κ2) is 6.34. The van der Waals surface area contributed by atoms with Crippen molar-refractivity contribution < 1.29 is 13.2 Å². The summed E-state index contributed by atoms with van der Waals surface area (Å²) in [5.74, 6) is 0.208. The van der Waals surface area contributed by atoms with E-state index in [-0.39, 0.29) is 17.4 Å². The van der Waals surface area contributed by atoms with Crippen molar-refractivity contribution >= 4 is 27.1 Å². The molecule has 1 saturated heterocycles. The maximum absolute atomic E-state index is 11.8. The number of amides is 1. The van der Waals surface area contributed by atoms with E-state index in [9.17, 15) is 13.2 Å². The molecule has 0 spiro atoms. The van der Waals surface area contributed by atoms with Gasteiger partial charge in [0.15, 0.2) is 9.84 Å². The minimum Gasteiger partial charge on any atom is -0.397 e. The lowest BCUT2D eigenvalue weighted by Gasteiger charge is -2.24. The molecule has 1 fully saturated rings. The van der Waals surface area contributed by atoms with E-state index in [1.54, 1.807) is 18.2 Å². The van der Waals surface area contributed by atoms with Gasteiger partial charge in [-0.05, 0) is 31.5 Å². The van der Waals surface area contributed by atoms with Crippen LogP contribution >= 0.6 is 0 Å². The summed E-state index contributed by atoms with van der Waals surface area (Å²) < 4.78 is 23.3. The summed E-state index contributed by atoms with van der Waals surface area (Å²) in [6.45, 7) is 3.51. The molecule has 1 aromatic rings. The highest BCUT2D eigenvalue weighted by Crippen LogP contribution is 2.25. The fourth-order valence-electron chi connectivity index (χ4n) is 2.43. The lowest BCUT2D eigenvalue weighted by molar-refractivity contribution is 0.0956. The molecule has 0 radical (unpaired) electrons. The normalized spacial score (nSPS) is 18.0. The van der Waals surface area contributed by atoms with E-state index in [0.717, 1.165) is 5.69 Å². The van der Waals surface area contributed by atoms with E-state index in [1.165, 1.54) is 0 Å². The van der Waals surface area contributed by atoms with Crippen LogP contribution in [0.1, 0.15) is 23.7 Å². The Balaban J connectivity index is 2.19. The van der Waals surface area contributed by atoms with Gasteiger partial charge in [0, 0.05) is 25.2 Å². The summed E-state index contributed by atoms with van der Waals surface area (Å²) in [6.07, 6.45) is 0.597. The van der Waals surface area contributed by atoms with Crippen molar-refractivity contribution in [1.82, 2.24) is 5.32 Å². The number of nitrogens with zero attached hydrogens (tertiary/aromatic N) is 1. The minimum atomic E-state index is -2.95. The lowest BCUT2D eigenvalue weighted by Crippen LogP contribution is -2.28. The van der Waals surface area contributed by atoms with E-state index in [0.29, 0.717) is 37.3 Å². The first-order valence-corrected chi connectivity index (χ1v) is 8.88. The first-order chi connectivity index (χ1) is 9.93. The molecule has 1 amide bonds. The Morgan fingerprint density at radius 1 is 1.33 bits per heavy atom. The monoisotopic (exact) mass is 311 g/mol. The van der Waals surface area contributed by atoms with Gasteiger partial charge >= 0.3 is 0 Å². The van der Waals surface area contributed by atoms with Gasteiger partial charge in [-0.3, -0.25) is 4.79 Å². The number of nitrogens with two attached hydrogens (primary N) is 1. The van der Waals surface area contributed by atoms with Crippen LogP contribution in [0.3, 0.4) is 0 Å². The molecule has 0 bridgehead atoms. The molecule has 0 saturated carbocycles. The third-order valence-electron chi connectivity index (χ3n) is 3.52. The molecule has 21 heavy (non-hydrogen) atoms. The molecule has 1 aliphatic heterocycles. The molecule has 0 atom stereocenters. The van der Waals surface area contributed by atoms with Crippen LogP contribution in [0.5, 0.6) is 0 Å². The molecule has 116 valence electrons. The molecule has 0 aliphatic carbocycles. The zero-order valence-electron chi connectivity index (χ0n) is 12.1. The van der Waals surface area contributed by atoms with Crippen LogP contribution in [0.2, 0.25) is 0 Å². The van der Waals surface area contributed by atoms with Gasteiger partial charge in [-0.1, -0.05) is 0 Å². The number of nitrogens with one attached hydrogen (secondary N) is 1. The van der Waals surface area contributed by atoms with Crippen molar-refractivity contribution in [3.05, 3.63) is 23.8 Å². The van der Waals surface area contributed by atoms with Crippen molar-refractivity contribution in [2.45, 2.75) is 13.3 Å². The Bertz CT molecular complexity index is 628. The number of rotatable bonds is 3. The quantitative estimate of drug-likeness (QED) is 0.799. The summed E-state index contributed by atoms with van der Waals surface area (Å²) in [4.78, 5) is 13.7. The summed E-state index contributed by atoms with van der Waals surface area (Å²) >= 11 is 0. The minimum absolute atomic E-state index is 0.143. The topological polar surface area (TPSA) is 92.5 Å². The van der Waals surface area contributed by atoms with Crippen molar-refractivity contribution in [2.75, 3.05) is 41.8 Å². The SMILES string of the molecule is CCNC(=O)c1ccc(N2CCCS(=O)(=O)CC2)c(N)c1. The maximum atomic E-state index is 11.8. The largest absolute Gasteiger partial charge is 0.397 e. The fourth-order valence-corrected chi connectivity index (χ4v) is 3.70. The van der Waals surface area contributed by atoms with E-state index < -0.39 is 9.84 Å². The zero-order chi connectivity index (χ0) is 15.5. The van der Waals surface area contributed by atoms with Crippen molar-refractivity contribution in [3.63, 3.8) is 0 Å². The number of anilines is 2. The smallest absolute Gasteiger partial charge is 0.251 e. The summed E-state index contributed by atoms with van der Waals surface area (Å²) in [5, 5.41) is 2.72. The van der Waals surface area contributed by atoms with Gasteiger partial charge in [-0.25, -0.2) is 8.42 Å². The number of benzene rings is 1. The number of hydrogen-bond donors (Lipinski definition) is 2. The van der Waals surface area contributed by atoms with Gasteiger partial charge in [0.25, 0.3) is 5.91 Å². The standard InChI is InChI=1S/C14H21N3O3S/c1-2-16-14(18)11-4-5-13(12(15)10-11)17-6-3-8-21(19,20)9-7-17/h4-5,10H,2-3,6-9,15H2,1H3,(H,16,18). The average Bonchev–Trinajstić information content (AvgIpc) is 2.60. The first kappa shape index (κ1) is 15.6. The predicted molar refractivity (Wildman–Crippen MR) is 84.3 cm³/mol. The van der Waals surface area contributed by atoms with Gasteiger partial charge in [-0.2, -0.15) is 0 Å². The lowest BCUT2D eigenvalue weighted by atomic mass is 10.1. The Morgan fingerprint density at radius 2 is 2.10 bits per heavy atom.